The molecular weight excluding hydrogens is 212 g/mol. The summed E-state index contributed by atoms with van der Waals surface area (Å²) in [5.74, 6) is 0.176. The van der Waals surface area contributed by atoms with Gasteiger partial charge >= 0.3 is 0 Å². The molecule has 2 N–H and O–H groups in total. The molecule has 1 aromatic carbocycles. The van der Waals surface area contributed by atoms with E-state index in [4.69, 9.17) is 5.73 Å². The second kappa shape index (κ2) is 5.32. The molecule has 1 atom stereocenters. The highest BCUT2D eigenvalue weighted by atomic mass is 16.2. The molecule has 1 aliphatic heterocycles. The minimum absolute atomic E-state index is 0.158. The third kappa shape index (κ3) is 2.34. The lowest BCUT2D eigenvalue weighted by atomic mass is 10.1. The van der Waals surface area contributed by atoms with E-state index in [1.807, 2.05) is 30.0 Å². The van der Waals surface area contributed by atoms with Crippen LogP contribution in [-0.4, -0.2) is 18.5 Å². The maximum atomic E-state index is 12.1. The van der Waals surface area contributed by atoms with Crippen molar-refractivity contribution >= 4 is 11.6 Å². The number of benzene rings is 1. The molecule has 0 spiro atoms. The Morgan fingerprint density at radius 3 is 2.94 bits per heavy atom. The van der Waals surface area contributed by atoms with Gasteiger partial charge in [-0.15, -0.1) is 0 Å². The summed E-state index contributed by atoms with van der Waals surface area (Å²) in [4.78, 5) is 14.0. The number of carbonyl (C=O) groups excluding carboxylic acids is 1. The first-order valence-electron chi connectivity index (χ1n) is 6.38. The van der Waals surface area contributed by atoms with Crippen LogP contribution in [0.3, 0.4) is 0 Å². The molecule has 92 valence electrons. The minimum atomic E-state index is 0.158. The lowest BCUT2D eigenvalue weighted by Gasteiger charge is -2.30. The first-order valence-corrected chi connectivity index (χ1v) is 6.38. The van der Waals surface area contributed by atoms with Gasteiger partial charge in [-0.05, 0) is 30.9 Å². The average Bonchev–Trinajstić information content (AvgIpc) is 2.56. The Hall–Kier alpha value is -1.35. The summed E-state index contributed by atoms with van der Waals surface area (Å²) >= 11 is 0. The number of nitrogens with two attached hydrogens (primary N) is 1. The van der Waals surface area contributed by atoms with E-state index in [1.54, 1.807) is 0 Å². The zero-order valence-corrected chi connectivity index (χ0v) is 10.4. The number of amides is 1. The Bertz CT molecular complexity index is 403. The van der Waals surface area contributed by atoms with Crippen molar-refractivity contribution in [1.82, 2.24) is 0 Å². The van der Waals surface area contributed by atoms with Crippen molar-refractivity contribution < 1.29 is 4.79 Å². The molecule has 0 aromatic heterocycles. The largest absolute Gasteiger partial charge is 0.328 e. The summed E-state index contributed by atoms with van der Waals surface area (Å²) in [6.07, 6.45) is 3.67. The summed E-state index contributed by atoms with van der Waals surface area (Å²) in [7, 11) is 0. The van der Waals surface area contributed by atoms with Crippen molar-refractivity contribution in [3.63, 3.8) is 0 Å². The van der Waals surface area contributed by atoms with Crippen LogP contribution in [0.4, 0.5) is 5.69 Å². The predicted octanol–water partition coefficient (Wildman–Crippen LogP) is 2.09. The van der Waals surface area contributed by atoms with Gasteiger partial charge < -0.3 is 10.6 Å². The first-order chi connectivity index (χ1) is 8.27. The Labute approximate surface area is 103 Å². The number of anilines is 1. The van der Waals surface area contributed by atoms with Gasteiger partial charge in [-0.25, -0.2) is 0 Å². The number of hydrogen-bond acceptors (Lipinski definition) is 2. The van der Waals surface area contributed by atoms with Gasteiger partial charge in [0.25, 0.3) is 0 Å². The Morgan fingerprint density at radius 1 is 1.47 bits per heavy atom. The van der Waals surface area contributed by atoms with E-state index in [1.165, 1.54) is 5.56 Å². The molecule has 1 heterocycles. The fourth-order valence-corrected chi connectivity index (χ4v) is 2.54. The lowest BCUT2D eigenvalue weighted by molar-refractivity contribution is -0.118. The van der Waals surface area contributed by atoms with Crippen molar-refractivity contribution in [3.8, 4) is 0 Å². The van der Waals surface area contributed by atoms with Crippen LogP contribution >= 0.6 is 0 Å². The van der Waals surface area contributed by atoms with Crippen LogP contribution in [-0.2, 0) is 11.2 Å². The summed E-state index contributed by atoms with van der Waals surface area (Å²) < 4.78 is 0. The van der Waals surface area contributed by atoms with Gasteiger partial charge in [0.1, 0.15) is 0 Å². The predicted molar refractivity (Wildman–Crippen MR) is 70.0 cm³/mol. The second-order valence-corrected chi connectivity index (χ2v) is 4.53. The monoisotopic (exact) mass is 232 g/mol. The van der Waals surface area contributed by atoms with Crippen molar-refractivity contribution in [2.75, 3.05) is 11.4 Å². The molecule has 0 radical (unpaired) electrons. The van der Waals surface area contributed by atoms with Crippen LogP contribution in [0.1, 0.15) is 31.7 Å². The van der Waals surface area contributed by atoms with Crippen LogP contribution in [0.15, 0.2) is 24.3 Å². The van der Waals surface area contributed by atoms with Crippen LogP contribution in [0, 0.1) is 0 Å². The molecule has 1 aromatic rings. The number of carbonyl (C=O) groups is 1. The smallest absolute Gasteiger partial charge is 0.227 e. The molecule has 0 fully saturated rings. The SMILES string of the molecule is CCC(=O)N1c2ccccc2CCCC1CN. The van der Waals surface area contributed by atoms with Crippen LogP contribution < -0.4 is 10.6 Å². The quantitative estimate of drug-likeness (QED) is 0.848. The fourth-order valence-electron chi connectivity index (χ4n) is 2.54. The molecule has 17 heavy (non-hydrogen) atoms. The van der Waals surface area contributed by atoms with Gasteiger partial charge in [0.05, 0.1) is 0 Å². The normalized spacial score (nSPS) is 19.6. The molecule has 3 heteroatoms. The summed E-state index contributed by atoms with van der Waals surface area (Å²) in [6, 6.07) is 8.34. The number of rotatable bonds is 2. The molecule has 0 saturated carbocycles. The zero-order valence-electron chi connectivity index (χ0n) is 10.4. The highest BCUT2D eigenvalue weighted by Crippen LogP contribution is 2.29. The molecule has 0 bridgehead atoms. The van der Waals surface area contributed by atoms with Crippen LogP contribution in [0.25, 0.3) is 0 Å². The molecule has 1 amide bonds. The van der Waals surface area contributed by atoms with E-state index in [-0.39, 0.29) is 11.9 Å². The average molecular weight is 232 g/mol. The first kappa shape index (κ1) is 12.1. The molecule has 1 aliphatic rings. The maximum absolute atomic E-state index is 12.1. The molecule has 0 saturated heterocycles. The van der Waals surface area contributed by atoms with E-state index < -0.39 is 0 Å². The third-order valence-electron chi connectivity index (χ3n) is 3.44. The summed E-state index contributed by atoms with van der Waals surface area (Å²) in [5, 5.41) is 0. The lowest BCUT2D eigenvalue weighted by Crippen LogP contribution is -2.44. The number of para-hydroxylation sites is 1. The van der Waals surface area contributed by atoms with E-state index in [2.05, 4.69) is 6.07 Å². The Kier molecular flexibility index (Phi) is 3.79. The zero-order chi connectivity index (χ0) is 12.3. The topological polar surface area (TPSA) is 46.3 Å². The number of fused-ring (bicyclic) bond motifs is 1. The van der Waals surface area contributed by atoms with Gasteiger partial charge in [0.2, 0.25) is 5.91 Å². The summed E-state index contributed by atoms with van der Waals surface area (Å²) in [6.45, 7) is 2.45. The van der Waals surface area contributed by atoms with Crippen molar-refractivity contribution in [3.05, 3.63) is 29.8 Å². The Morgan fingerprint density at radius 2 is 2.24 bits per heavy atom. The number of nitrogens with zero attached hydrogens (tertiary/aromatic N) is 1. The van der Waals surface area contributed by atoms with E-state index in [0.717, 1.165) is 24.9 Å². The van der Waals surface area contributed by atoms with E-state index in [0.29, 0.717) is 13.0 Å². The minimum Gasteiger partial charge on any atom is -0.328 e. The molecular formula is C14H20N2O. The Balaban J connectivity index is 2.43. The van der Waals surface area contributed by atoms with Crippen LogP contribution in [0.2, 0.25) is 0 Å². The van der Waals surface area contributed by atoms with Crippen molar-refractivity contribution in [1.29, 1.82) is 0 Å². The second-order valence-electron chi connectivity index (χ2n) is 4.53. The maximum Gasteiger partial charge on any atom is 0.227 e. The molecule has 2 rings (SSSR count). The highest BCUT2D eigenvalue weighted by Gasteiger charge is 2.27. The van der Waals surface area contributed by atoms with Gasteiger partial charge in [-0.1, -0.05) is 25.1 Å². The van der Waals surface area contributed by atoms with Gasteiger partial charge in [-0.3, -0.25) is 4.79 Å². The fraction of sp³-hybridized carbons (Fsp3) is 0.500. The van der Waals surface area contributed by atoms with E-state index in [9.17, 15) is 4.79 Å². The van der Waals surface area contributed by atoms with Crippen molar-refractivity contribution in [2.45, 2.75) is 38.6 Å². The van der Waals surface area contributed by atoms with Gasteiger partial charge in [-0.2, -0.15) is 0 Å². The highest BCUT2D eigenvalue weighted by molar-refractivity contribution is 5.94. The molecule has 0 aliphatic carbocycles. The standard InChI is InChI=1S/C14H20N2O/c1-2-14(17)16-12(10-15)8-5-7-11-6-3-4-9-13(11)16/h3-4,6,9,12H,2,5,7-8,10,15H2,1H3. The summed E-state index contributed by atoms with van der Waals surface area (Å²) in [5.41, 5.74) is 8.15. The van der Waals surface area contributed by atoms with Gasteiger partial charge in [0.15, 0.2) is 0 Å². The van der Waals surface area contributed by atoms with Crippen molar-refractivity contribution in [2.24, 2.45) is 5.73 Å². The molecule has 1 unspecified atom stereocenters. The molecule has 3 nitrogen and oxygen atoms in total. The van der Waals surface area contributed by atoms with Crippen LogP contribution in [0.5, 0.6) is 0 Å². The third-order valence-corrected chi connectivity index (χ3v) is 3.44. The van der Waals surface area contributed by atoms with E-state index >= 15 is 0 Å². The number of aryl methyl sites for hydroxylation is 1. The van der Waals surface area contributed by atoms with Gasteiger partial charge in [0, 0.05) is 24.7 Å². The number of hydrogen-bond donors (Lipinski definition) is 1.